The summed E-state index contributed by atoms with van der Waals surface area (Å²) in [6.07, 6.45) is 8.78. The molecular formula is C13H25NO2. The summed E-state index contributed by atoms with van der Waals surface area (Å²) >= 11 is 0. The van der Waals surface area contributed by atoms with Crippen LogP contribution in [0.1, 0.15) is 58.3 Å². The highest BCUT2D eigenvalue weighted by molar-refractivity contribution is 5.66. The summed E-state index contributed by atoms with van der Waals surface area (Å²) in [4.78, 5) is 13.0. The fourth-order valence-electron chi connectivity index (χ4n) is 2.58. The zero-order valence-electron chi connectivity index (χ0n) is 10.5. The fraction of sp³-hybridized carbons (Fsp3) is 0.923. The summed E-state index contributed by atoms with van der Waals surface area (Å²) in [5, 5.41) is 8.58. The molecule has 3 heteroatoms. The van der Waals surface area contributed by atoms with Crippen molar-refractivity contribution in [3.05, 3.63) is 0 Å². The Morgan fingerprint density at radius 2 is 2.12 bits per heavy atom. The van der Waals surface area contributed by atoms with Crippen LogP contribution in [0.3, 0.4) is 0 Å². The number of unbranched alkanes of at least 4 members (excludes halogenated alkanes) is 1. The molecule has 0 aromatic heterocycles. The summed E-state index contributed by atoms with van der Waals surface area (Å²) in [5.41, 5.74) is 0. The van der Waals surface area contributed by atoms with Crippen LogP contribution in [-0.2, 0) is 4.79 Å². The molecule has 1 N–H and O–H groups in total. The van der Waals surface area contributed by atoms with E-state index >= 15 is 0 Å². The smallest absolute Gasteiger partial charge is 0.303 e. The first-order valence-corrected chi connectivity index (χ1v) is 6.70. The average molecular weight is 227 g/mol. The Bertz CT molecular complexity index is 206. The molecule has 1 saturated heterocycles. The summed E-state index contributed by atoms with van der Waals surface area (Å²) in [6.45, 7) is 4.57. The van der Waals surface area contributed by atoms with Crippen LogP contribution in [0.2, 0.25) is 0 Å². The maximum absolute atomic E-state index is 10.4. The Balaban J connectivity index is 2.23. The van der Waals surface area contributed by atoms with E-state index in [1.54, 1.807) is 0 Å². The number of aliphatic carboxylic acids is 1. The summed E-state index contributed by atoms with van der Waals surface area (Å²) in [6, 6.07) is 0.743. The zero-order chi connectivity index (χ0) is 11.8. The second-order valence-electron chi connectivity index (χ2n) is 4.80. The van der Waals surface area contributed by atoms with Gasteiger partial charge in [0.1, 0.15) is 0 Å². The molecular weight excluding hydrogens is 202 g/mol. The van der Waals surface area contributed by atoms with Gasteiger partial charge < -0.3 is 10.0 Å². The SMILES string of the molecule is CCC1CCCCCN1CCCCC(=O)O. The van der Waals surface area contributed by atoms with Crippen molar-refractivity contribution in [2.45, 2.75) is 64.3 Å². The molecule has 0 aromatic rings. The molecule has 1 fully saturated rings. The molecule has 0 spiro atoms. The van der Waals surface area contributed by atoms with E-state index in [2.05, 4.69) is 11.8 Å². The van der Waals surface area contributed by atoms with Crippen LogP contribution in [-0.4, -0.2) is 35.1 Å². The molecule has 1 unspecified atom stereocenters. The highest BCUT2D eigenvalue weighted by Gasteiger charge is 2.18. The highest BCUT2D eigenvalue weighted by Crippen LogP contribution is 2.19. The van der Waals surface area contributed by atoms with Crippen molar-refractivity contribution in [1.29, 1.82) is 0 Å². The van der Waals surface area contributed by atoms with Crippen molar-refractivity contribution in [3.8, 4) is 0 Å². The van der Waals surface area contributed by atoms with E-state index < -0.39 is 5.97 Å². The van der Waals surface area contributed by atoms with Gasteiger partial charge in [-0.1, -0.05) is 19.8 Å². The lowest BCUT2D eigenvalue weighted by Gasteiger charge is -2.28. The van der Waals surface area contributed by atoms with Gasteiger partial charge in [-0.05, 0) is 45.2 Å². The predicted molar refractivity (Wildman–Crippen MR) is 65.6 cm³/mol. The third-order valence-electron chi connectivity index (χ3n) is 3.56. The Kier molecular flexibility index (Phi) is 6.46. The molecule has 1 aliphatic rings. The van der Waals surface area contributed by atoms with Crippen molar-refractivity contribution in [3.63, 3.8) is 0 Å². The highest BCUT2D eigenvalue weighted by atomic mass is 16.4. The van der Waals surface area contributed by atoms with Crippen LogP contribution in [0.15, 0.2) is 0 Å². The molecule has 16 heavy (non-hydrogen) atoms. The molecule has 1 aliphatic heterocycles. The largest absolute Gasteiger partial charge is 0.481 e. The van der Waals surface area contributed by atoms with Gasteiger partial charge in [-0.2, -0.15) is 0 Å². The van der Waals surface area contributed by atoms with Gasteiger partial charge >= 0.3 is 5.97 Å². The molecule has 1 rings (SSSR count). The number of nitrogens with zero attached hydrogens (tertiary/aromatic N) is 1. The quantitative estimate of drug-likeness (QED) is 0.709. The number of hydrogen-bond acceptors (Lipinski definition) is 2. The Morgan fingerprint density at radius 3 is 2.81 bits per heavy atom. The molecule has 0 amide bonds. The molecule has 0 aromatic carbocycles. The normalized spacial score (nSPS) is 22.9. The number of rotatable bonds is 6. The van der Waals surface area contributed by atoms with E-state index in [0.29, 0.717) is 6.42 Å². The number of hydrogen-bond donors (Lipinski definition) is 1. The van der Waals surface area contributed by atoms with Crippen LogP contribution in [0.4, 0.5) is 0 Å². The molecule has 0 radical (unpaired) electrons. The predicted octanol–water partition coefficient (Wildman–Crippen LogP) is 2.90. The van der Waals surface area contributed by atoms with Crippen LogP contribution in [0.25, 0.3) is 0 Å². The second kappa shape index (κ2) is 7.66. The van der Waals surface area contributed by atoms with Crippen molar-refractivity contribution in [1.82, 2.24) is 4.90 Å². The van der Waals surface area contributed by atoms with Crippen molar-refractivity contribution in [2.24, 2.45) is 0 Å². The summed E-state index contributed by atoms with van der Waals surface area (Å²) in [5.74, 6) is -0.664. The molecule has 1 heterocycles. The third kappa shape index (κ3) is 4.97. The van der Waals surface area contributed by atoms with Crippen molar-refractivity contribution < 1.29 is 9.90 Å². The first-order chi connectivity index (χ1) is 7.74. The van der Waals surface area contributed by atoms with Crippen molar-refractivity contribution >= 4 is 5.97 Å². The lowest BCUT2D eigenvalue weighted by atomic mass is 10.1. The van der Waals surface area contributed by atoms with Crippen LogP contribution < -0.4 is 0 Å². The number of carboxylic acid groups (broad SMARTS) is 1. The summed E-state index contributed by atoms with van der Waals surface area (Å²) in [7, 11) is 0. The minimum Gasteiger partial charge on any atom is -0.481 e. The number of carboxylic acids is 1. The van der Waals surface area contributed by atoms with Gasteiger partial charge in [-0.3, -0.25) is 4.79 Å². The topological polar surface area (TPSA) is 40.5 Å². The van der Waals surface area contributed by atoms with Gasteiger partial charge in [0.15, 0.2) is 0 Å². The van der Waals surface area contributed by atoms with Crippen LogP contribution in [0, 0.1) is 0 Å². The maximum atomic E-state index is 10.4. The van der Waals surface area contributed by atoms with E-state index in [0.717, 1.165) is 25.4 Å². The maximum Gasteiger partial charge on any atom is 0.303 e. The number of likely N-dealkylation sites (tertiary alicyclic amines) is 1. The van der Waals surface area contributed by atoms with Gasteiger partial charge in [0.2, 0.25) is 0 Å². The van der Waals surface area contributed by atoms with E-state index in [1.807, 2.05) is 0 Å². The molecule has 0 saturated carbocycles. The Hall–Kier alpha value is -0.570. The number of carbonyl (C=O) groups is 1. The molecule has 94 valence electrons. The van der Waals surface area contributed by atoms with Gasteiger partial charge in [-0.15, -0.1) is 0 Å². The standard InChI is InChI=1S/C13H25NO2/c1-2-12-8-4-3-6-10-14(12)11-7-5-9-13(15)16/h12H,2-11H2,1H3,(H,15,16). The summed E-state index contributed by atoms with van der Waals surface area (Å²) < 4.78 is 0. The minimum absolute atomic E-state index is 0.324. The van der Waals surface area contributed by atoms with E-state index in [1.165, 1.54) is 38.6 Å². The molecule has 0 bridgehead atoms. The molecule has 0 aliphatic carbocycles. The van der Waals surface area contributed by atoms with E-state index in [9.17, 15) is 4.79 Å². The van der Waals surface area contributed by atoms with Gasteiger partial charge in [0.25, 0.3) is 0 Å². The Labute approximate surface area is 98.8 Å². The Morgan fingerprint density at radius 1 is 1.31 bits per heavy atom. The van der Waals surface area contributed by atoms with Gasteiger partial charge in [-0.25, -0.2) is 0 Å². The fourth-order valence-corrected chi connectivity index (χ4v) is 2.58. The lowest BCUT2D eigenvalue weighted by molar-refractivity contribution is -0.137. The minimum atomic E-state index is -0.664. The molecule has 3 nitrogen and oxygen atoms in total. The van der Waals surface area contributed by atoms with Crippen molar-refractivity contribution in [2.75, 3.05) is 13.1 Å². The monoisotopic (exact) mass is 227 g/mol. The third-order valence-corrected chi connectivity index (χ3v) is 3.56. The lowest BCUT2D eigenvalue weighted by Crippen LogP contribution is -2.35. The first-order valence-electron chi connectivity index (χ1n) is 6.70. The molecule has 1 atom stereocenters. The van der Waals surface area contributed by atoms with Gasteiger partial charge in [0, 0.05) is 12.5 Å². The average Bonchev–Trinajstić information content (AvgIpc) is 2.48. The van der Waals surface area contributed by atoms with Crippen LogP contribution >= 0.6 is 0 Å². The van der Waals surface area contributed by atoms with Crippen LogP contribution in [0.5, 0.6) is 0 Å². The second-order valence-corrected chi connectivity index (χ2v) is 4.80. The first kappa shape index (κ1) is 13.5. The zero-order valence-corrected chi connectivity index (χ0v) is 10.5. The van der Waals surface area contributed by atoms with E-state index in [4.69, 9.17) is 5.11 Å². The van der Waals surface area contributed by atoms with E-state index in [-0.39, 0.29) is 0 Å². The van der Waals surface area contributed by atoms with Gasteiger partial charge in [0.05, 0.1) is 0 Å².